The number of hydrogen-bond donors (Lipinski definition) is 3. The SMILES string of the molecule is C[C@@H]1OC(C2(F)C(=O)N(C)C(=O)N(C)C2=O)[C@H](O)[C@H](O)[C@H]1O. The first kappa shape index (κ1) is 16.7. The van der Waals surface area contributed by atoms with E-state index < -0.39 is 54.0 Å². The van der Waals surface area contributed by atoms with Crippen molar-refractivity contribution in [1.29, 1.82) is 0 Å². The molecular weight excluding hydrogens is 303 g/mol. The van der Waals surface area contributed by atoms with Crippen LogP contribution in [0.4, 0.5) is 9.18 Å². The van der Waals surface area contributed by atoms with E-state index in [1.807, 2.05) is 0 Å². The fourth-order valence-corrected chi connectivity index (χ4v) is 2.60. The smallest absolute Gasteiger partial charge is 0.333 e. The molecule has 2 saturated heterocycles. The van der Waals surface area contributed by atoms with Crippen LogP contribution in [0.2, 0.25) is 0 Å². The van der Waals surface area contributed by atoms with Gasteiger partial charge in [-0.3, -0.25) is 19.4 Å². The van der Waals surface area contributed by atoms with E-state index in [0.29, 0.717) is 9.80 Å². The highest BCUT2D eigenvalue weighted by Crippen LogP contribution is 2.35. The van der Waals surface area contributed by atoms with Gasteiger partial charge < -0.3 is 20.1 Å². The van der Waals surface area contributed by atoms with E-state index in [2.05, 4.69) is 0 Å². The second-order valence-corrected chi connectivity index (χ2v) is 5.46. The molecule has 0 aromatic rings. The zero-order valence-corrected chi connectivity index (χ0v) is 12.1. The van der Waals surface area contributed by atoms with E-state index in [0.717, 1.165) is 14.1 Å². The molecule has 0 bridgehead atoms. The van der Waals surface area contributed by atoms with Crippen molar-refractivity contribution in [1.82, 2.24) is 9.80 Å². The van der Waals surface area contributed by atoms with Crippen molar-refractivity contribution in [2.45, 2.75) is 43.1 Å². The van der Waals surface area contributed by atoms with E-state index in [1.54, 1.807) is 0 Å². The maximum atomic E-state index is 15.2. The number of halogens is 1. The molecule has 9 nitrogen and oxygen atoms in total. The molecule has 2 fully saturated rings. The summed E-state index contributed by atoms with van der Waals surface area (Å²) in [6, 6.07) is -1.03. The minimum Gasteiger partial charge on any atom is -0.388 e. The molecule has 0 saturated carbocycles. The summed E-state index contributed by atoms with van der Waals surface area (Å²) in [5.74, 6) is -3.00. The minimum absolute atomic E-state index is 0.388. The molecule has 0 radical (unpaired) electrons. The van der Waals surface area contributed by atoms with Gasteiger partial charge in [0.25, 0.3) is 17.5 Å². The summed E-state index contributed by atoms with van der Waals surface area (Å²) in [4.78, 5) is 36.6. The molecule has 124 valence electrons. The molecule has 0 spiro atoms. The number of urea groups is 1. The van der Waals surface area contributed by atoms with Crippen LogP contribution in [0.3, 0.4) is 0 Å². The van der Waals surface area contributed by atoms with Crippen molar-refractivity contribution in [3.8, 4) is 0 Å². The molecule has 3 N–H and O–H groups in total. The van der Waals surface area contributed by atoms with Crippen LogP contribution in [0.15, 0.2) is 0 Å². The van der Waals surface area contributed by atoms with Gasteiger partial charge in [-0.1, -0.05) is 0 Å². The molecular formula is C12H17FN2O7. The Bertz CT molecular complexity index is 504. The molecule has 22 heavy (non-hydrogen) atoms. The molecule has 2 heterocycles. The van der Waals surface area contributed by atoms with Crippen LogP contribution in [0.5, 0.6) is 0 Å². The zero-order valence-electron chi connectivity index (χ0n) is 12.1. The van der Waals surface area contributed by atoms with Crippen LogP contribution in [-0.4, -0.2) is 93.2 Å². The molecule has 2 rings (SSSR count). The van der Waals surface area contributed by atoms with Crippen molar-refractivity contribution in [2.24, 2.45) is 0 Å². The topological polar surface area (TPSA) is 128 Å². The van der Waals surface area contributed by atoms with Crippen molar-refractivity contribution in [3.63, 3.8) is 0 Å². The summed E-state index contributed by atoms with van der Waals surface area (Å²) in [5, 5.41) is 29.2. The number of aliphatic hydroxyl groups is 3. The summed E-state index contributed by atoms with van der Waals surface area (Å²) < 4.78 is 20.3. The van der Waals surface area contributed by atoms with E-state index >= 15 is 4.39 Å². The maximum absolute atomic E-state index is 15.2. The Morgan fingerprint density at radius 1 is 1.00 bits per heavy atom. The lowest BCUT2D eigenvalue weighted by Crippen LogP contribution is -2.74. The highest BCUT2D eigenvalue weighted by molar-refractivity contribution is 6.21. The maximum Gasteiger partial charge on any atom is 0.333 e. The largest absolute Gasteiger partial charge is 0.388 e. The van der Waals surface area contributed by atoms with E-state index in [4.69, 9.17) is 4.74 Å². The van der Waals surface area contributed by atoms with Crippen molar-refractivity contribution in [2.75, 3.05) is 14.1 Å². The van der Waals surface area contributed by atoms with Crippen LogP contribution in [0, 0.1) is 0 Å². The van der Waals surface area contributed by atoms with Gasteiger partial charge in [0.1, 0.15) is 24.4 Å². The molecule has 2 aliphatic heterocycles. The summed E-state index contributed by atoms with van der Waals surface area (Å²) in [7, 11) is 1.96. The van der Waals surface area contributed by atoms with Crippen molar-refractivity contribution < 1.29 is 38.8 Å². The van der Waals surface area contributed by atoms with E-state index in [9.17, 15) is 29.7 Å². The Labute approximate surface area is 124 Å². The normalized spacial score (nSPS) is 39.4. The minimum atomic E-state index is -3.38. The van der Waals surface area contributed by atoms with Gasteiger partial charge in [-0.2, -0.15) is 0 Å². The van der Waals surface area contributed by atoms with Crippen LogP contribution >= 0.6 is 0 Å². The number of aliphatic hydroxyl groups excluding tert-OH is 3. The van der Waals surface area contributed by atoms with Crippen LogP contribution in [-0.2, 0) is 14.3 Å². The number of barbiturate groups is 1. The Kier molecular flexibility index (Phi) is 3.98. The molecule has 1 unspecified atom stereocenters. The number of carbonyl (C=O) groups is 3. The van der Waals surface area contributed by atoms with E-state index in [1.165, 1.54) is 6.92 Å². The quantitative estimate of drug-likeness (QED) is 0.460. The van der Waals surface area contributed by atoms with Gasteiger partial charge in [-0.05, 0) is 6.92 Å². The molecule has 0 aromatic heterocycles. The zero-order chi connectivity index (χ0) is 17.0. The number of carbonyl (C=O) groups excluding carboxylic acids is 3. The average molecular weight is 320 g/mol. The van der Waals surface area contributed by atoms with Gasteiger partial charge in [-0.15, -0.1) is 0 Å². The Morgan fingerprint density at radius 3 is 1.91 bits per heavy atom. The summed E-state index contributed by atoms with van der Waals surface area (Å²) in [5.41, 5.74) is -3.38. The summed E-state index contributed by atoms with van der Waals surface area (Å²) in [6.45, 7) is 1.28. The van der Waals surface area contributed by atoms with Gasteiger partial charge in [0.05, 0.1) is 6.10 Å². The number of imide groups is 2. The predicted molar refractivity (Wildman–Crippen MR) is 67.1 cm³/mol. The Hall–Kier alpha value is -1.62. The first-order chi connectivity index (χ1) is 10.0. The molecule has 4 amide bonds. The first-order valence-electron chi connectivity index (χ1n) is 6.54. The summed E-state index contributed by atoms with van der Waals surface area (Å²) in [6.07, 6.45) is -8.54. The Morgan fingerprint density at radius 2 is 1.45 bits per heavy atom. The molecule has 2 aliphatic rings. The lowest BCUT2D eigenvalue weighted by atomic mass is 9.83. The number of amides is 4. The monoisotopic (exact) mass is 320 g/mol. The molecule has 0 aliphatic carbocycles. The van der Waals surface area contributed by atoms with Crippen LogP contribution < -0.4 is 0 Å². The fourth-order valence-electron chi connectivity index (χ4n) is 2.60. The van der Waals surface area contributed by atoms with Gasteiger partial charge in [0.2, 0.25) is 0 Å². The number of alkyl halides is 1. The van der Waals surface area contributed by atoms with E-state index in [-0.39, 0.29) is 0 Å². The fraction of sp³-hybridized carbons (Fsp3) is 0.750. The third kappa shape index (κ3) is 2.02. The number of rotatable bonds is 1. The number of nitrogens with zero attached hydrogens (tertiary/aromatic N) is 2. The number of hydrogen-bond acceptors (Lipinski definition) is 7. The second-order valence-electron chi connectivity index (χ2n) is 5.46. The molecule has 5 atom stereocenters. The first-order valence-corrected chi connectivity index (χ1v) is 6.54. The third-order valence-electron chi connectivity index (χ3n) is 4.05. The van der Waals surface area contributed by atoms with Gasteiger partial charge in [0.15, 0.2) is 0 Å². The highest BCUT2D eigenvalue weighted by Gasteiger charge is 2.66. The number of ether oxygens (including phenoxy) is 1. The van der Waals surface area contributed by atoms with Crippen molar-refractivity contribution >= 4 is 17.8 Å². The van der Waals surface area contributed by atoms with Gasteiger partial charge >= 0.3 is 6.03 Å². The average Bonchev–Trinajstić information content (AvgIpc) is 2.50. The summed E-state index contributed by atoms with van der Waals surface area (Å²) >= 11 is 0. The van der Waals surface area contributed by atoms with Crippen LogP contribution in [0.1, 0.15) is 6.92 Å². The van der Waals surface area contributed by atoms with Crippen molar-refractivity contribution in [3.05, 3.63) is 0 Å². The lowest BCUT2D eigenvalue weighted by Gasteiger charge is -2.46. The Balaban J connectivity index is 2.46. The highest BCUT2D eigenvalue weighted by atomic mass is 19.1. The second kappa shape index (κ2) is 5.23. The van der Waals surface area contributed by atoms with Crippen LogP contribution in [0.25, 0.3) is 0 Å². The lowest BCUT2D eigenvalue weighted by molar-refractivity contribution is -0.247. The standard InChI is InChI=1S/C12H17FN2O7/c1-4-5(16)6(17)7(18)8(22-4)12(13)9(19)14(2)11(21)15(3)10(12)20/h4-8,16-18H,1-3H3/t4-,5-,6+,7+,8?/m0/s1. The van der Waals surface area contributed by atoms with Gasteiger partial charge in [-0.25, -0.2) is 9.18 Å². The molecule has 10 heteroatoms. The third-order valence-corrected chi connectivity index (χ3v) is 4.05. The predicted octanol–water partition coefficient (Wildman–Crippen LogP) is -2.38. The molecule has 0 aromatic carbocycles. The van der Waals surface area contributed by atoms with Gasteiger partial charge in [0, 0.05) is 14.1 Å².